The molecule has 1 aliphatic heterocycles. The predicted molar refractivity (Wildman–Crippen MR) is 86.6 cm³/mol. The summed E-state index contributed by atoms with van der Waals surface area (Å²) in [5.41, 5.74) is -0.157. The maximum Gasteiger partial charge on any atom is 0.319 e. The lowest BCUT2D eigenvalue weighted by molar-refractivity contribution is 0.133. The molecule has 23 heavy (non-hydrogen) atoms. The summed E-state index contributed by atoms with van der Waals surface area (Å²) >= 11 is 0. The third-order valence-electron chi connectivity index (χ3n) is 3.89. The van der Waals surface area contributed by atoms with Crippen LogP contribution in [0.4, 0.5) is 19.3 Å². The zero-order chi connectivity index (χ0) is 16.7. The molecule has 0 spiro atoms. The summed E-state index contributed by atoms with van der Waals surface area (Å²) in [5.74, 6) is -1.25. The number of nitrogens with one attached hydrogen (secondary N) is 2. The van der Waals surface area contributed by atoms with Crippen LogP contribution in [0.1, 0.15) is 13.3 Å². The molecule has 0 saturated carbocycles. The van der Waals surface area contributed by atoms with Gasteiger partial charge in [0.2, 0.25) is 0 Å². The first-order chi connectivity index (χ1) is 11.1. The van der Waals surface area contributed by atoms with E-state index in [0.29, 0.717) is 6.54 Å². The van der Waals surface area contributed by atoms with E-state index in [1.54, 1.807) is 0 Å². The quantitative estimate of drug-likeness (QED) is 0.842. The van der Waals surface area contributed by atoms with Crippen molar-refractivity contribution in [3.8, 4) is 0 Å². The van der Waals surface area contributed by atoms with Crippen LogP contribution < -0.4 is 10.6 Å². The van der Waals surface area contributed by atoms with Crippen LogP contribution in [0.5, 0.6) is 0 Å². The van der Waals surface area contributed by atoms with Gasteiger partial charge < -0.3 is 15.5 Å². The monoisotopic (exact) mass is 326 g/mol. The number of carbonyl (C=O) groups is 1. The fourth-order valence-electron chi connectivity index (χ4n) is 2.64. The van der Waals surface area contributed by atoms with Crippen molar-refractivity contribution in [3.05, 3.63) is 29.8 Å². The lowest BCUT2D eigenvalue weighted by Gasteiger charge is -2.34. The SMILES string of the molecule is CCCN1CCN(CCNC(=O)Nc2cc(F)ccc2F)CC1. The van der Waals surface area contributed by atoms with Gasteiger partial charge in [0.05, 0.1) is 5.69 Å². The van der Waals surface area contributed by atoms with Gasteiger partial charge in [0.1, 0.15) is 11.6 Å². The van der Waals surface area contributed by atoms with Crippen LogP contribution in [0.25, 0.3) is 0 Å². The Kier molecular flexibility index (Phi) is 6.73. The number of hydrogen-bond acceptors (Lipinski definition) is 3. The lowest BCUT2D eigenvalue weighted by atomic mass is 10.3. The predicted octanol–water partition coefficient (Wildman–Crippen LogP) is 2.11. The van der Waals surface area contributed by atoms with Crippen molar-refractivity contribution in [1.82, 2.24) is 15.1 Å². The summed E-state index contributed by atoms with van der Waals surface area (Å²) in [7, 11) is 0. The summed E-state index contributed by atoms with van der Waals surface area (Å²) in [5, 5.41) is 4.99. The van der Waals surface area contributed by atoms with Crippen molar-refractivity contribution in [2.45, 2.75) is 13.3 Å². The van der Waals surface area contributed by atoms with E-state index in [4.69, 9.17) is 0 Å². The van der Waals surface area contributed by atoms with Gasteiger partial charge in [0.15, 0.2) is 0 Å². The van der Waals surface area contributed by atoms with Gasteiger partial charge in [0.25, 0.3) is 0 Å². The molecule has 0 atom stereocenters. The zero-order valence-corrected chi connectivity index (χ0v) is 13.4. The molecule has 128 valence electrons. The molecular formula is C16H24F2N4O. The largest absolute Gasteiger partial charge is 0.337 e. The molecule has 1 aromatic carbocycles. The van der Waals surface area contributed by atoms with E-state index in [9.17, 15) is 13.6 Å². The number of rotatable bonds is 6. The lowest BCUT2D eigenvalue weighted by Crippen LogP contribution is -2.48. The van der Waals surface area contributed by atoms with Gasteiger partial charge in [0, 0.05) is 45.3 Å². The summed E-state index contributed by atoms with van der Waals surface area (Å²) < 4.78 is 26.5. The smallest absolute Gasteiger partial charge is 0.319 e. The molecule has 5 nitrogen and oxygen atoms in total. The minimum Gasteiger partial charge on any atom is -0.337 e. The summed E-state index contributed by atoms with van der Waals surface area (Å²) in [6, 6.07) is 2.43. The minimum atomic E-state index is -0.659. The van der Waals surface area contributed by atoms with Crippen LogP contribution >= 0.6 is 0 Å². The van der Waals surface area contributed by atoms with E-state index in [1.165, 1.54) is 6.42 Å². The molecule has 2 amide bonds. The average Bonchev–Trinajstić information content (AvgIpc) is 2.53. The highest BCUT2D eigenvalue weighted by atomic mass is 19.1. The number of benzene rings is 1. The van der Waals surface area contributed by atoms with Crippen molar-refractivity contribution in [2.75, 3.05) is 51.1 Å². The second kappa shape index (κ2) is 8.79. The maximum atomic E-state index is 13.4. The maximum absolute atomic E-state index is 13.4. The summed E-state index contributed by atoms with van der Waals surface area (Å²) in [6.45, 7) is 8.60. The Labute approximate surface area is 135 Å². The molecule has 1 aromatic rings. The van der Waals surface area contributed by atoms with Gasteiger partial charge in [-0.05, 0) is 25.1 Å². The van der Waals surface area contributed by atoms with Gasteiger partial charge in [-0.3, -0.25) is 4.90 Å². The number of nitrogens with zero attached hydrogens (tertiary/aromatic N) is 2. The van der Waals surface area contributed by atoms with Crippen LogP contribution in [0, 0.1) is 11.6 Å². The van der Waals surface area contributed by atoms with Crippen LogP contribution in [-0.4, -0.2) is 61.6 Å². The molecule has 1 fully saturated rings. The van der Waals surface area contributed by atoms with E-state index < -0.39 is 17.7 Å². The standard InChI is InChI=1S/C16H24F2N4O/c1-2-6-21-8-10-22(11-9-21)7-5-19-16(23)20-15-12-13(17)3-4-14(15)18/h3-4,12H,2,5-11H2,1H3,(H2,19,20,23). The van der Waals surface area contributed by atoms with Crippen LogP contribution in [0.15, 0.2) is 18.2 Å². The van der Waals surface area contributed by atoms with Gasteiger partial charge in [-0.1, -0.05) is 6.92 Å². The molecule has 0 aromatic heterocycles. The summed E-state index contributed by atoms with van der Waals surface area (Å²) in [4.78, 5) is 16.4. The van der Waals surface area contributed by atoms with E-state index in [2.05, 4.69) is 27.4 Å². The first-order valence-corrected chi connectivity index (χ1v) is 8.03. The van der Waals surface area contributed by atoms with E-state index in [1.807, 2.05) is 0 Å². The van der Waals surface area contributed by atoms with Gasteiger partial charge in [-0.15, -0.1) is 0 Å². The van der Waals surface area contributed by atoms with E-state index in [-0.39, 0.29) is 5.69 Å². The topological polar surface area (TPSA) is 47.6 Å². The number of urea groups is 1. The number of anilines is 1. The van der Waals surface area contributed by atoms with Gasteiger partial charge in [-0.25, -0.2) is 13.6 Å². The fraction of sp³-hybridized carbons (Fsp3) is 0.562. The number of piperazine rings is 1. The molecule has 0 radical (unpaired) electrons. The van der Waals surface area contributed by atoms with E-state index in [0.717, 1.165) is 57.5 Å². The van der Waals surface area contributed by atoms with Crippen molar-refractivity contribution >= 4 is 11.7 Å². The second-order valence-corrected chi connectivity index (χ2v) is 5.69. The second-order valence-electron chi connectivity index (χ2n) is 5.69. The highest BCUT2D eigenvalue weighted by molar-refractivity contribution is 5.89. The molecule has 7 heteroatoms. The highest BCUT2D eigenvalue weighted by Crippen LogP contribution is 2.14. The summed E-state index contributed by atoms with van der Waals surface area (Å²) in [6.07, 6.45) is 1.17. The van der Waals surface area contributed by atoms with Crippen molar-refractivity contribution in [3.63, 3.8) is 0 Å². The zero-order valence-electron chi connectivity index (χ0n) is 13.4. The van der Waals surface area contributed by atoms with Crippen molar-refractivity contribution in [2.24, 2.45) is 0 Å². The van der Waals surface area contributed by atoms with Gasteiger partial charge >= 0.3 is 6.03 Å². The van der Waals surface area contributed by atoms with Crippen LogP contribution in [0.2, 0.25) is 0 Å². The van der Waals surface area contributed by atoms with Crippen LogP contribution in [0.3, 0.4) is 0 Å². The molecule has 2 rings (SSSR count). The number of amides is 2. The Morgan fingerprint density at radius 2 is 1.78 bits per heavy atom. The van der Waals surface area contributed by atoms with Crippen molar-refractivity contribution in [1.29, 1.82) is 0 Å². The molecule has 2 N–H and O–H groups in total. The Hall–Kier alpha value is -1.73. The Morgan fingerprint density at radius 1 is 1.13 bits per heavy atom. The molecule has 1 saturated heterocycles. The molecule has 0 unspecified atom stereocenters. The minimum absolute atomic E-state index is 0.157. The molecule has 0 bridgehead atoms. The Balaban J connectivity index is 1.66. The third-order valence-corrected chi connectivity index (χ3v) is 3.89. The number of carbonyl (C=O) groups excluding carboxylic acids is 1. The average molecular weight is 326 g/mol. The Morgan fingerprint density at radius 3 is 2.43 bits per heavy atom. The van der Waals surface area contributed by atoms with Gasteiger partial charge in [-0.2, -0.15) is 0 Å². The number of halogens is 2. The molecule has 0 aliphatic carbocycles. The van der Waals surface area contributed by atoms with Crippen LogP contribution in [-0.2, 0) is 0 Å². The fourth-order valence-corrected chi connectivity index (χ4v) is 2.64. The van der Waals surface area contributed by atoms with E-state index >= 15 is 0 Å². The first-order valence-electron chi connectivity index (χ1n) is 8.03. The van der Waals surface area contributed by atoms with Crippen molar-refractivity contribution < 1.29 is 13.6 Å². The normalized spacial score (nSPS) is 16.3. The number of hydrogen-bond donors (Lipinski definition) is 2. The Bertz CT molecular complexity index is 519. The third kappa shape index (κ3) is 5.76. The first kappa shape index (κ1) is 17.6. The molecule has 1 aliphatic rings. The molecule has 1 heterocycles. The molecular weight excluding hydrogens is 302 g/mol. The highest BCUT2D eigenvalue weighted by Gasteiger charge is 2.15.